The van der Waals surface area contributed by atoms with Gasteiger partial charge in [0, 0.05) is 22.6 Å². The molecule has 196 valence electrons. The van der Waals surface area contributed by atoms with Crippen LogP contribution >= 0.6 is 0 Å². The van der Waals surface area contributed by atoms with E-state index in [0.717, 1.165) is 0 Å². The number of amides is 2. The third-order valence-electron chi connectivity index (χ3n) is 5.73. The van der Waals surface area contributed by atoms with Crippen molar-refractivity contribution in [2.75, 3.05) is 24.9 Å². The standard InChI is InChI=1S/C27H21F4N3O4/c1-14-4-5-15(25(35)34-22-11-17(27(29,30)31)6-7-20(22)28)9-19(14)26(36)33-18-8-16-10-23(37-2)24(38-3)12-21(16)32-13-18/h4-13H,1-3H3,(H,33,36)(H,34,35). The van der Waals surface area contributed by atoms with Crippen LogP contribution in [0.5, 0.6) is 11.5 Å². The van der Waals surface area contributed by atoms with E-state index in [0.29, 0.717) is 51.9 Å². The lowest BCUT2D eigenvalue weighted by Gasteiger charge is -2.13. The van der Waals surface area contributed by atoms with E-state index < -0.39 is 35.1 Å². The molecule has 0 bridgehead atoms. The van der Waals surface area contributed by atoms with Crippen LogP contribution in [0, 0.1) is 12.7 Å². The van der Waals surface area contributed by atoms with Crippen LogP contribution < -0.4 is 20.1 Å². The van der Waals surface area contributed by atoms with Crippen LogP contribution in [0.15, 0.2) is 60.8 Å². The Labute approximate surface area is 214 Å². The van der Waals surface area contributed by atoms with Crippen LogP contribution in [0.1, 0.15) is 31.8 Å². The molecule has 2 amide bonds. The Kier molecular flexibility index (Phi) is 7.20. The molecule has 2 N–H and O–H groups in total. The number of nitrogens with zero attached hydrogens (tertiary/aromatic N) is 1. The molecule has 0 atom stereocenters. The van der Waals surface area contributed by atoms with Crippen molar-refractivity contribution < 1.29 is 36.6 Å². The second-order valence-electron chi connectivity index (χ2n) is 8.25. The molecule has 0 aliphatic rings. The van der Waals surface area contributed by atoms with Crippen molar-refractivity contribution in [2.45, 2.75) is 13.1 Å². The van der Waals surface area contributed by atoms with Gasteiger partial charge in [0.25, 0.3) is 11.8 Å². The normalized spacial score (nSPS) is 11.2. The molecule has 0 aliphatic heterocycles. The Morgan fingerprint density at radius 3 is 2.26 bits per heavy atom. The van der Waals surface area contributed by atoms with Crippen molar-refractivity contribution in [3.05, 3.63) is 88.9 Å². The highest BCUT2D eigenvalue weighted by Crippen LogP contribution is 2.33. The van der Waals surface area contributed by atoms with Gasteiger partial charge in [-0.15, -0.1) is 0 Å². The molecule has 1 heterocycles. The molecular formula is C27H21F4N3O4. The van der Waals surface area contributed by atoms with Crippen LogP contribution in [0.2, 0.25) is 0 Å². The molecule has 0 unspecified atom stereocenters. The lowest BCUT2D eigenvalue weighted by atomic mass is 10.0. The van der Waals surface area contributed by atoms with Crippen LogP contribution in [0.4, 0.5) is 28.9 Å². The molecule has 0 radical (unpaired) electrons. The Hall–Kier alpha value is -4.67. The molecule has 0 saturated heterocycles. The summed E-state index contributed by atoms with van der Waals surface area (Å²) in [5.74, 6) is -1.48. The highest BCUT2D eigenvalue weighted by atomic mass is 19.4. The molecule has 0 aliphatic carbocycles. The lowest BCUT2D eigenvalue weighted by molar-refractivity contribution is -0.137. The summed E-state index contributed by atoms with van der Waals surface area (Å²) < 4.78 is 63.6. The number of hydrogen-bond acceptors (Lipinski definition) is 5. The lowest BCUT2D eigenvalue weighted by Crippen LogP contribution is -2.18. The van der Waals surface area contributed by atoms with Gasteiger partial charge in [0.1, 0.15) is 5.82 Å². The number of alkyl halides is 3. The Morgan fingerprint density at radius 2 is 1.58 bits per heavy atom. The largest absolute Gasteiger partial charge is 0.493 e. The number of halogens is 4. The number of hydrogen-bond donors (Lipinski definition) is 2. The third kappa shape index (κ3) is 5.51. The number of aryl methyl sites for hydroxylation is 1. The molecule has 11 heteroatoms. The van der Waals surface area contributed by atoms with Crippen molar-refractivity contribution in [2.24, 2.45) is 0 Å². The van der Waals surface area contributed by atoms with E-state index in [1.807, 2.05) is 0 Å². The minimum atomic E-state index is -4.71. The Balaban J connectivity index is 1.57. The van der Waals surface area contributed by atoms with Gasteiger partial charge < -0.3 is 20.1 Å². The van der Waals surface area contributed by atoms with Gasteiger partial charge >= 0.3 is 6.18 Å². The monoisotopic (exact) mass is 527 g/mol. The minimum absolute atomic E-state index is 0.0500. The molecule has 38 heavy (non-hydrogen) atoms. The molecule has 1 aromatic heterocycles. The van der Waals surface area contributed by atoms with E-state index in [4.69, 9.17) is 9.47 Å². The van der Waals surface area contributed by atoms with Crippen molar-refractivity contribution >= 4 is 34.1 Å². The van der Waals surface area contributed by atoms with Crippen LogP contribution in [-0.4, -0.2) is 31.0 Å². The predicted molar refractivity (Wildman–Crippen MR) is 133 cm³/mol. The van der Waals surface area contributed by atoms with Gasteiger partial charge in [-0.25, -0.2) is 4.39 Å². The summed E-state index contributed by atoms with van der Waals surface area (Å²) in [5.41, 5.74) is -0.152. The third-order valence-corrected chi connectivity index (χ3v) is 5.73. The molecule has 7 nitrogen and oxygen atoms in total. The van der Waals surface area contributed by atoms with E-state index in [2.05, 4.69) is 15.6 Å². The number of fused-ring (bicyclic) bond motifs is 1. The quantitative estimate of drug-likeness (QED) is 0.291. The van der Waals surface area contributed by atoms with E-state index in [1.54, 1.807) is 25.1 Å². The minimum Gasteiger partial charge on any atom is -0.493 e. The average molecular weight is 527 g/mol. The first-order chi connectivity index (χ1) is 18.0. The summed E-state index contributed by atoms with van der Waals surface area (Å²) in [4.78, 5) is 30.1. The van der Waals surface area contributed by atoms with Gasteiger partial charge in [0.15, 0.2) is 11.5 Å². The summed E-state index contributed by atoms with van der Waals surface area (Å²) in [5, 5.41) is 5.53. The van der Waals surface area contributed by atoms with Crippen LogP contribution in [0.3, 0.4) is 0 Å². The molecule has 0 spiro atoms. The van der Waals surface area contributed by atoms with Gasteiger partial charge in [0.2, 0.25) is 0 Å². The van der Waals surface area contributed by atoms with Crippen LogP contribution in [0.25, 0.3) is 10.9 Å². The number of ether oxygens (including phenoxy) is 2. The Bertz CT molecular complexity index is 1550. The maximum absolute atomic E-state index is 14.1. The topological polar surface area (TPSA) is 89.5 Å². The number of benzene rings is 3. The second kappa shape index (κ2) is 10.4. The van der Waals surface area contributed by atoms with Crippen molar-refractivity contribution in [1.29, 1.82) is 0 Å². The molecule has 4 rings (SSSR count). The molecule has 0 fully saturated rings. The smallest absolute Gasteiger partial charge is 0.416 e. The number of methoxy groups -OCH3 is 2. The molecule has 3 aromatic carbocycles. The van der Waals surface area contributed by atoms with E-state index in [-0.39, 0.29) is 11.1 Å². The highest BCUT2D eigenvalue weighted by molar-refractivity contribution is 6.09. The fourth-order valence-corrected chi connectivity index (χ4v) is 3.72. The zero-order chi connectivity index (χ0) is 27.6. The first kappa shape index (κ1) is 26.4. The number of nitrogens with one attached hydrogen (secondary N) is 2. The van der Waals surface area contributed by atoms with Crippen molar-refractivity contribution in [3.8, 4) is 11.5 Å². The summed E-state index contributed by atoms with van der Waals surface area (Å²) in [6.45, 7) is 1.65. The fourth-order valence-electron chi connectivity index (χ4n) is 3.72. The first-order valence-electron chi connectivity index (χ1n) is 11.1. The van der Waals surface area contributed by atoms with Crippen molar-refractivity contribution in [3.63, 3.8) is 0 Å². The molecule has 4 aromatic rings. The van der Waals surface area contributed by atoms with Gasteiger partial charge in [0.05, 0.1) is 42.9 Å². The highest BCUT2D eigenvalue weighted by Gasteiger charge is 2.31. The number of anilines is 2. The summed E-state index contributed by atoms with van der Waals surface area (Å²) in [7, 11) is 3.00. The first-order valence-corrected chi connectivity index (χ1v) is 11.1. The molecule has 0 saturated carbocycles. The fraction of sp³-hybridized carbons (Fsp3) is 0.148. The number of carbonyl (C=O) groups is 2. The van der Waals surface area contributed by atoms with E-state index >= 15 is 0 Å². The predicted octanol–water partition coefficient (Wildman–Crippen LogP) is 6.22. The summed E-state index contributed by atoms with van der Waals surface area (Å²) >= 11 is 0. The van der Waals surface area contributed by atoms with Gasteiger partial charge in [-0.3, -0.25) is 14.6 Å². The zero-order valence-electron chi connectivity index (χ0n) is 20.4. The Morgan fingerprint density at radius 1 is 0.868 bits per heavy atom. The maximum atomic E-state index is 14.1. The maximum Gasteiger partial charge on any atom is 0.416 e. The van der Waals surface area contributed by atoms with E-state index in [1.165, 1.54) is 38.6 Å². The van der Waals surface area contributed by atoms with E-state index in [9.17, 15) is 27.2 Å². The summed E-state index contributed by atoms with van der Waals surface area (Å²) in [6.07, 6.45) is -3.26. The molecular weight excluding hydrogens is 506 g/mol. The van der Waals surface area contributed by atoms with Gasteiger partial charge in [-0.1, -0.05) is 6.07 Å². The van der Waals surface area contributed by atoms with Gasteiger partial charge in [-0.05, 0) is 55.0 Å². The number of pyridine rings is 1. The SMILES string of the molecule is COc1cc2cc(NC(=O)c3cc(C(=O)Nc4cc(C(F)(F)F)ccc4F)ccc3C)cnc2cc1OC. The van der Waals surface area contributed by atoms with Gasteiger partial charge in [-0.2, -0.15) is 13.2 Å². The van der Waals surface area contributed by atoms with Crippen molar-refractivity contribution in [1.82, 2.24) is 4.98 Å². The summed E-state index contributed by atoms with van der Waals surface area (Å²) in [6, 6.07) is 10.9. The zero-order valence-corrected chi connectivity index (χ0v) is 20.4. The van der Waals surface area contributed by atoms with Crippen LogP contribution in [-0.2, 0) is 6.18 Å². The second-order valence-corrected chi connectivity index (χ2v) is 8.25. The number of rotatable bonds is 6. The number of aromatic nitrogens is 1. The number of carbonyl (C=O) groups excluding carboxylic acids is 2. The average Bonchev–Trinajstić information content (AvgIpc) is 2.88.